The van der Waals surface area contributed by atoms with Gasteiger partial charge in [-0.05, 0) is 30.2 Å². The van der Waals surface area contributed by atoms with Gasteiger partial charge >= 0.3 is 0 Å². The van der Waals surface area contributed by atoms with Gasteiger partial charge in [-0.2, -0.15) is 0 Å². The van der Waals surface area contributed by atoms with Gasteiger partial charge < -0.3 is 4.90 Å². The Kier molecular flexibility index (Phi) is 5.23. The molecule has 0 bridgehead atoms. The van der Waals surface area contributed by atoms with Crippen LogP contribution in [0.25, 0.3) is 0 Å². The molecule has 0 N–H and O–H groups in total. The number of sulfone groups is 1. The van der Waals surface area contributed by atoms with Crippen LogP contribution in [0, 0.1) is 6.92 Å². The summed E-state index contributed by atoms with van der Waals surface area (Å²) < 4.78 is 24.2. The Labute approximate surface area is 169 Å². The number of amidine groups is 1. The predicted octanol–water partition coefficient (Wildman–Crippen LogP) is 3.92. The first-order valence-corrected chi connectivity index (χ1v) is 12.1. The van der Waals surface area contributed by atoms with E-state index in [1.54, 1.807) is 11.8 Å². The van der Waals surface area contributed by atoms with Gasteiger partial charge in [0.25, 0.3) is 0 Å². The smallest absolute Gasteiger partial charge is 0.160 e. The van der Waals surface area contributed by atoms with Gasteiger partial charge in [-0.1, -0.05) is 65.3 Å². The minimum atomic E-state index is -3.01. The number of fused-ring (bicyclic) bond motifs is 1. The second-order valence-corrected chi connectivity index (χ2v) is 10.7. The van der Waals surface area contributed by atoms with Crippen LogP contribution in [0.5, 0.6) is 0 Å². The maximum Gasteiger partial charge on any atom is 0.160 e. The maximum atomic E-state index is 12.1. The van der Waals surface area contributed by atoms with Gasteiger partial charge in [-0.25, -0.2) is 8.42 Å². The summed E-state index contributed by atoms with van der Waals surface area (Å²) in [5.74, 6) is 1.16. The monoisotopic (exact) mass is 420 g/mol. The minimum Gasteiger partial charge on any atom is -0.341 e. The highest BCUT2D eigenvalue weighted by Crippen LogP contribution is 2.33. The number of thioether (sulfide) groups is 1. The second-order valence-electron chi connectivity index (χ2n) is 7.15. The molecule has 0 radical (unpaired) electrons. The van der Waals surface area contributed by atoms with Crippen LogP contribution in [-0.2, 0) is 22.1 Å². The summed E-state index contributed by atoms with van der Waals surface area (Å²) >= 11 is 7.68. The van der Waals surface area contributed by atoms with Crippen LogP contribution >= 0.6 is 23.4 Å². The molecule has 7 heteroatoms. The van der Waals surface area contributed by atoms with Gasteiger partial charge in [0.05, 0.1) is 23.6 Å². The van der Waals surface area contributed by atoms with Crippen molar-refractivity contribution in [2.45, 2.75) is 31.3 Å². The molecular formula is C20H21ClN2O2S2. The van der Waals surface area contributed by atoms with E-state index in [0.29, 0.717) is 11.6 Å². The number of hydrogen-bond acceptors (Lipinski definition) is 5. The molecule has 0 amide bonds. The Bertz CT molecular complexity index is 956. The normalized spacial score (nSPS) is 23.3. The molecule has 142 valence electrons. The highest BCUT2D eigenvalue weighted by atomic mass is 35.5. The standard InChI is InChI=1S/C20H21ClN2O2S2/c1-14-2-4-16(5-3-14)11-26-20-22-18-12-27(24,25)13-19(18)23(20)10-15-6-8-17(21)9-7-15/h2-9,18-19H,10-13H2,1H3/t18-,19-/m1/s1. The van der Waals surface area contributed by atoms with Crippen LogP contribution in [-0.4, -0.2) is 42.1 Å². The van der Waals surface area contributed by atoms with Gasteiger partial charge in [0.2, 0.25) is 0 Å². The first-order valence-electron chi connectivity index (χ1n) is 8.87. The van der Waals surface area contributed by atoms with E-state index in [1.165, 1.54) is 11.1 Å². The summed E-state index contributed by atoms with van der Waals surface area (Å²) in [4.78, 5) is 6.94. The number of rotatable bonds is 4. The summed E-state index contributed by atoms with van der Waals surface area (Å²) in [6.07, 6.45) is 0. The zero-order valence-electron chi connectivity index (χ0n) is 15.0. The minimum absolute atomic E-state index is 0.0637. The van der Waals surface area contributed by atoms with Gasteiger partial charge in [0.15, 0.2) is 15.0 Å². The fourth-order valence-corrected chi connectivity index (χ4v) is 6.58. The van der Waals surface area contributed by atoms with Crippen LogP contribution in [0.3, 0.4) is 0 Å². The molecule has 0 aromatic heterocycles. The number of hydrogen-bond donors (Lipinski definition) is 0. The first-order chi connectivity index (χ1) is 12.9. The number of halogens is 1. The molecule has 2 aliphatic rings. The molecule has 4 nitrogen and oxygen atoms in total. The summed E-state index contributed by atoms with van der Waals surface area (Å²) in [6.45, 7) is 2.72. The summed E-state index contributed by atoms with van der Waals surface area (Å²) in [7, 11) is -3.01. The third-order valence-corrected chi connectivity index (χ3v) is 8.00. The summed E-state index contributed by atoms with van der Waals surface area (Å²) in [5.41, 5.74) is 3.59. The maximum absolute atomic E-state index is 12.1. The van der Waals surface area contributed by atoms with Gasteiger partial charge in [0, 0.05) is 17.3 Å². The SMILES string of the molecule is Cc1ccc(CSC2=N[C@@H]3CS(=O)(=O)C[C@H]3N2Cc2ccc(Cl)cc2)cc1. The van der Waals surface area contributed by atoms with Crippen molar-refractivity contribution < 1.29 is 8.42 Å². The molecule has 2 atom stereocenters. The second kappa shape index (κ2) is 7.49. The lowest BCUT2D eigenvalue weighted by Crippen LogP contribution is -2.38. The van der Waals surface area contributed by atoms with Crippen molar-refractivity contribution in [2.24, 2.45) is 4.99 Å². The van der Waals surface area contributed by atoms with E-state index in [9.17, 15) is 8.42 Å². The lowest BCUT2D eigenvalue weighted by Gasteiger charge is -2.26. The zero-order valence-corrected chi connectivity index (χ0v) is 17.4. The number of aliphatic imine (C=N–C) groups is 1. The van der Waals surface area contributed by atoms with Crippen molar-refractivity contribution in [2.75, 3.05) is 11.5 Å². The lowest BCUT2D eigenvalue weighted by molar-refractivity contribution is 0.343. The Morgan fingerprint density at radius 1 is 1.07 bits per heavy atom. The molecule has 4 rings (SSSR count). The van der Waals surface area contributed by atoms with Gasteiger partial charge in [-0.3, -0.25) is 4.99 Å². The van der Waals surface area contributed by atoms with E-state index in [-0.39, 0.29) is 23.6 Å². The van der Waals surface area contributed by atoms with Crippen LogP contribution in [0.1, 0.15) is 16.7 Å². The first kappa shape index (κ1) is 18.8. The van der Waals surface area contributed by atoms with Gasteiger partial charge in [-0.15, -0.1) is 0 Å². The molecule has 2 heterocycles. The molecule has 1 fully saturated rings. The van der Waals surface area contributed by atoms with Crippen molar-refractivity contribution in [3.8, 4) is 0 Å². The number of aryl methyl sites for hydroxylation is 1. The number of nitrogens with zero attached hydrogens (tertiary/aromatic N) is 2. The summed E-state index contributed by atoms with van der Waals surface area (Å²) in [5, 5.41) is 1.64. The van der Waals surface area contributed by atoms with E-state index >= 15 is 0 Å². The molecule has 2 aromatic rings. The molecule has 0 aliphatic carbocycles. The molecule has 0 spiro atoms. The van der Waals surface area contributed by atoms with E-state index < -0.39 is 9.84 Å². The quantitative estimate of drug-likeness (QED) is 0.752. The third kappa shape index (κ3) is 4.33. The summed E-state index contributed by atoms with van der Waals surface area (Å²) in [6, 6.07) is 16.0. The molecule has 2 aliphatic heterocycles. The van der Waals surface area contributed by atoms with E-state index in [0.717, 1.165) is 16.5 Å². The predicted molar refractivity (Wildman–Crippen MR) is 113 cm³/mol. The largest absolute Gasteiger partial charge is 0.341 e. The van der Waals surface area contributed by atoms with Crippen LogP contribution < -0.4 is 0 Å². The van der Waals surface area contributed by atoms with Crippen LogP contribution in [0.15, 0.2) is 53.5 Å². The Hall–Kier alpha value is -1.50. The number of benzene rings is 2. The van der Waals surface area contributed by atoms with Crippen LogP contribution in [0.4, 0.5) is 0 Å². The van der Waals surface area contributed by atoms with E-state index in [1.807, 2.05) is 24.3 Å². The van der Waals surface area contributed by atoms with Crippen LogP contribution in [0.2, 0.25) is 5.02 Å². The van der Waals surface area contributed by atoms with Crippen molar-refractivity contribution in [1.29, 1.82) is 0 Å². The Morgan fingerprint density at radius 3 is 2.44 bits per heavy atom. The van der Waals surface area contributed by atoms with Crippen molar-refractivity contribution in [3.05, 3.63) is 70.2 Å². The molecule has 1 saturated heterocycles. The van der Waals surface area contributed by atoms with E-state index in [2.05, 4.69) is 36.1 Å². The topological polar surface area (TPSA) is 49.7 Å². The average molecular weight is 421 g/mol. The fraction of sp³-hybridized carbons (Fsp3) is 0.350. The highest BCUT2D eigenvalue weighted by molar-refractivity contribution is 8.13. The van der Waals surface area contributed by atoms with Crippen molar-refractivity contribution in [1.82, 2.24) is 4.90 Å². The average Bonchev–Trinajstić information content (AvgIpc) is 3.09. The molecule has 0 unspecified atom stereocenters. The van der Waals surface area contributed by atoms with Crippen molar-refractivity contribution in [3.63, 3.8) is 0 Å². The van der Waals surface area contributed by atoms with E-state index in [4.69, 9.17) is 16.6 Å². The third-order valence-electron chi connectivity index (χ3n) is 4.97. The molecule has 0 saturated carbocycles. The fourth-order valence-electron chi connectivity index (χ4n) is 3.51. The lowest BCUT2D eigenvalue weighted by atomic mass is 10.1. The Balaban J connectivity index is 1.53. The highest BCUT2D eigenvalue weighted by Gasteiger charge is 2.46. The molecule has 27 heavy (non-hydrogen) atoms. The Morgan fingerprint density at radius 2 is 1.74 bits per heavy atom. The van der Waals surface area contributed by atoms with Gasteiger partial charge in [0.1, 0.15) is 0 Å². The zero-order chi connectivity index (χ0) is 19.0. The van der Waals surface area contributed by atoms with Crippen molar-refractivity contribution >= 4 is 38.4 Å². The molecule has 2 aromatic carbocycles. The molecular weight excluding hydrogens is 400 g/mol.